The second kappa shape index (κ2) is 7.66. The van der Waals surface area contributed by atoms with Crippen molar-refractivity contribution in [1.82, 2.24) is 9.38 Å². The van der Waals surface area contributed by atoms with Gasteiger partial charge in [-0.15, -0.1) is 0 Å². The molecule has 0 saturated carbocycles. The Morgan fingerprint density at radius 1 is 1.14 bits per heavy atom. The van der Waals surface area contributed by atoms with Crippen LogP contribution in [0.4, 0.5) is 5.69 Å². The minimum Gasteiger partial charge on any atom is -0.493 e. The number of ether oxygens (including phenoxy) is 3. The first-order chi connectivity index (χ1) is 14.0. The van der Waals surface area contributed by atoms with E-state index in [4.69, 9.17) is 19.2 Å². The summed E-state index contributed by atoms with van der Waals surface area (Å²) in [5.41, 5.74) is 4.95. The maximum Gasteiger partial charge on any atom is 0.227 e. The van der Waals surface area contributed by atoms with E-state index >= 15 is 0 Å². The van der Waals surface area contributed by atoms with Crippen LogP contribution in [0.2, 0.25) is 0 Å². The molecule has 4 rings (SSSR count). The van der Waals surface area contributed by atoms with Crippen molar-refractivity contribution in [3.05, 3.63) is 47.4 Å². The van der Waals surface area contributed by atoms with Crippen LogP contribution in [-0.4, -0.2) is 36.6 Å². The molecule has 7 nitrogen and oxygen atoms in total. The molecule has 1 amide bonds. The quantitative estimate of drug-likeness (QED) is 0.717. The van der Waals surface area contributed by atoms with Gasteiger partial charge >= 0.3 is 0 Å². The van der Waals surface area contributed by atoms with Crippen LogP contribution in [0.5, 0.6) is 17.2 Å². The second-order valence-electron chi connectivity index (χ2n) is 7.28. The van der Waals surface area contributed by atoms with Crippen LogP contribution in [0.3, 0.4) is 0 Å². The molecule has 1 unspecified atom stereocenters. The molecule has 1 aromatic carbocycles. The van der Waals surface area contributed by atoms with Crippen molar-refractivity contribution in [2.75, 3.05) is 26.6 Å². The summed E-state index contributed by atoms with van der Waals surface area (Å²) in [6.07, 6.45) is 4.27. The summed E-state index contributed by atoms with van der Waals surface area (Å²) in [5, 5.41) is 3.01. The van der Waals surface area contributed by atoms with Gasteiger partial charge in [0.05, 0.1) is 27.0 Å². The standard InChI is InChI=1S/C22H25N3O4/c1-13-7-8-25-17-10-14(5-6-16(17)24-20(25)9-13)22(26)23-15-11-18(27-2)21(29-4)19(12-15)28-3/h7-9,11-12,14H,5-6,10H2,1-4H3,(H,23,26). The van der Waals surface area contributed by atoms with E-state index in [9.17, 15) is 4.79 Å². The molecule has 1 atom stereocenters. The lowest BCUT2D eigenvalue weighted by Gasteiger charge is -2.22. The number of nitrogens with zero attached hydrogens (tertiary/aromatic N) is 2. The smallest absolute Gasteiger partial charge is 0.227 e. The minimum absolute atomic E-state index is 0.0213. The summed E-state index contributed by atoms with van der Waals surface area (Å²) >= 11 is 0. The van der Waals surface area contributed by atoms with Crippen LogP contribution in [-0.2, 0) is 17.6 Å². The number of rotatable bonds is 5. The predicted molar refractivity (Wildman–Crippen MR) is 110 cm³/mol. The van der Waals surface area contributed by atoms with E-state index in [-0.39, 0.29) is 11.8 Å². The number of fused-ring (bicyclic) bond motifs is 3. The molecule has 3 aromatic rings. The first-order valence-corrected chi connectivity index (χ1v) is 9.61. The summed E-state index contributed by atoms with van der Waals surface area (Å²) in [5.74, 6) is 1.36. The van der Waals surface area contributed by atoms with Gasteiger partial charge in [-0.1, -0.05) is 0 Å². The maximum atomic E-state index is 13.0. The monoisotopic (exact) mass is 395 g/mol. The maximum absolute atomic E-state index is 13.0. The lowest BCUT2D eigenvalue weighted by molar-refractivity contribution is -0.120. The number of methoxy groups -OCH3 is 3. The van der Waals surface area contributed by atoms with Crippen molar-refractivity contribution in [3.8, 4) is 17.2 Å². The average molecular weight is 395 g/mol. The fourth-order valence-electron chi connectivity index (χ4n) is 3.93. The van der Waals surface area contributed by atoms with Gasteiger partial charge in [0, 0.05) is 42.0 Å². The molecule has 0 bridgehead atoms. The fourth-order valence-corrected chi connectivity index (χ4v) is 3.93. The zero-order chi connectivity index (χ0) is 20.5. The lowest BCUT2D eigenvalue weighted by atomic mass is 9.89. The van der Waals surface area contributed by atoms with Crippen LogP contribution in [0.25, 0.3) is 5.65 Å². The van der Waals surface area contributed by atoms with Crippen molar-refractivity contribution >= 4 is 17.2 Å². The lowest BCUT2D eigenvalue weighted by Crippen LogP contribution is -2.28. The number of anilines is 1. The van der Waals surface area contributed by atoms with Crippen molar-refractivity contribution in [2.24, 2.45) is 5.92 Å². The number of carbonyl (C=O) groups is 1. The summed E-state index contributed by atoms with van der Waals surface area (Å²) in [7, 11) is 4.66. The Kier molecular flexibility index (Phi) is 5.05. The number of aromatic nitrogens is 2. The van der Waals surface area contributed by atoms with Gasteiger partial charge in [-0.25, -0.2) is 4.98 Å². The number of amides is 1. The van der Waals surface area contributed by atoms with E-state index < -0.39 is 0 Å². The molecule has 2 heterocycles. The molecule has 1 aliphatic carbocycles. The third kappa shape index (κ3) is 3.48. The SMILES string of the molecule is COc1cc(NC(=O)C2CCc3nc4cc(C)ccn4c3C2)cc(OC)c1OC. The highest BCUT2D eigenvalue weighted by Gasteiger charge is 2.28. The molecule has 29 heavy (non-hydrogen) atoms. The number of nitrogens with one attached hydrogen (secondary N) is 1. The first-order valence-electron chi connectivity index (χ1n) is 9.61. The van der Waals surface area contributed by atoms with Gasteiger partial charge in [0.15, 0.2) is 11.5 Å². The minimum atomic E-state index is -0.122. The first kappa shape index (κ1) is 19.1. The molecule has 0 fully saturated rings. The molecule has 2 aromatic heterocycles. The third-order valence-corrected chi connectivity index (χ3v) is 5.44. The van der Waals surface area contributed by atoms with Crippen LogP contribution in [0.15, 0.2) is 30.5 Å². The number of hydrogen-bond acceptors (Lipinski definition) is 5. The van der Waals surface area contributed by atoms with Gasteiger partial charge in [-0.2, -0.15) is 0 Å². The van der Waals surface area contributed by atoms with Crippen LogP contribution < -0.4 is 19.5 Å². The van der Waals surface area contributed by atoms with Crippen molar-refractivity contribution < 1.29 is 19.0 Å². The zero-order valence-corrected chi connectivity index (χ0v) is 17.1. The van der Waals surface area contributed by atoms with Gasteiger partial charge in [0.2, 0.25) is 11.7 Å². The number of benzene rings is 1. The van der Waals surface area contributed by atoms with E-state index in [1.807, 2.05) is 6.20 Å². The van der Waals surface area contributed by atoms with Gasteiger partial charge in [-0.3, -0.25) is 4.79 Å². The van der Waals surface area contributed by atoms with Crippen LogP contribution >= 0.6 is 0 Å². The third-order valence-electron chi connectivity index (χ3n) is 5.44. The highest BCUT2D eigenvalue weighted by Crippen LogP contribution is 2.40. The average Bonchev–Trinajstić information content (AvgIpc) is 3.09. The highest BCUT2D eigenvalue weighted by atomic mass is 16.5. The number of imidazole rings is 1. The Hall–Kier alpha value is -3.22. The molecule has 1 aliphatic rings. The molecular weight excluding hydrogens is 370 g/mol. The van der Waals surface area contributed by atoms with Crippen molar-refractivity contribution in [1.29, 1.82) is 0 Å². The van der Waals surface area contributed by atoms with Gasteiger partial charge in [-0.05, 0) is 37.5 Å². The molecule has 7 heteroatoms. The van der Waals surface area contributed by atoms with Crippen LogP contribution in [0.1, 0.15) is 23.4 Å². The Balaban J connectivity index is 1.56. The molecule has 0 radical (unpaired) electrons. The molecule has 0 spiro atoms. The predicted octanol–water partition coefficient (Wildman–Crippen LogP) is 3.41. The van der Waals surface area contributed by atoms with Crippen molar-refractivity contribution in [2.45, 2.75) is 26.2 Å². The fraction of sp³-hybridized carbons (Fsp3) is 0.364. The van der Waals surface area contributed by atoms with E-state index in [2.05, 4.69) is 28.8 Å². The van der Waals surface area contributed by atoms with E-state index in [0.29, 0.717) is 29.4 Å². The molecule has 1 N–H and O–H groups in total. The molecule has 0 saturated heterocycles. The zero-order valence-electron chi connectivity index (χ0n) is 17.1. The van der Waals surface area contributed by atoms with Gasteiger partial charge in [0.25, 0.3) is 0 Å². The molecular formula is C22H25N3O4. The Morgan fingerprint density at radius 2 is 1.86 bits per heavy atom. The number of aryl methyl sites for hydroxylation is 2. The topological polar surface area (TPSA) is 74.1 Å². The second-order valence-corrected chi connectivity index (χ2v) is 7.28. The summed E-state index contributed by atoms with van der Waals surface area (Å²) < 4.78 is 18.2. The number of carbonyl (C=O) groups excluding carboxylic acids is 1. The molecule has 0 aliphatic heterocycles. The number of hydrogen-bond donors (Lipinski definition) is 1. The number of pyridine rings is 1. The Bertz CT molecular complexity index is 1050. The van der Waals surface area contributed by atoms with Crippen molar-refractivity contribution in [3.63, 3.8) is 0 Å². The van der Waals surface area contributed by atoms with Gasteiger partial charge < -0.3 is 23.9 Å². The molecule has 152 valence electrons. The summed E-state index contributed by atoms with van der Waals surface area (Å²) in [6, 6.07) is 7.62. The summed E-state index contributed by atoms with van der Waals surface area (Å²) in [6.45, 7) is 2.06. The largest absolute Gasteiger partial charge is 0.493 e. The van der Waals surface area contributed by atoms with Crippen LogP contribution in [0, 0.1) is 12.8 Å². The normalized spacial score (nSPS) is 15.7. The van der Waals surface area contributed by atoms with E-state index in [1.54, 1.807) is 33.5 Å². The highest BCUT2D eigenvalue weighted by molar-refractivity contribution is 5.93. The summed E-state index contributed by atoms with van der Waals surface area (Å²) in [4.78, 5) is 17.7. The Morgan fingerprint density at radius 3 is 2.52 bits per heavy atom. The van der Waals surface area contributed by atoms with Gasteiger partial charge in [0.1, 0.15) is 5.65 Å². The van der Waals surface area contributed by atoms with E-state index in [1.165, 1.54) is 5.56 Å². The van der Waals surface area contributed by atoms with E-state index in [0.717, 1.165) is 29.9 Å². The Labute approximate surface area is 169 Å².